The Morgan fingerprint density at radius 2 is 1.85 bits per heavy atom. The van der Waals surface area contributed by atoms with E-state index in [0.29, 0.717) is 5.92 Å². The molecule has 1 atom stereocenters. The fourth-order valence-corrected chi connectivity index (χ4v) is 3.13. The second-order valence-corrected chi connectivity index (χ2v) is 5.64. The fraction of sp³-hybridized carbons (Fsp3) is 0.158. The Balaban J connectivity index is 2.03. The van der Waals surface area contributed by atoms with E-state index >= 15 is 0 Å². The Hall–Kier alpha value is -2.28. The average molecular weight is 259 g/mol. The standard InChI is InChI=1S/C19H17N/c1-13-6-4-7-14(12-13)15-9-5-10-17-16-8-2-3-11-18(16)20-19(15)17/h2-5,7-13,20H,6H2,1H3/t13-/m1/s1. The third-order valence-electron chi connectivity index (χ3n) is 4.12. The van der Waals surface area contributed by atoms with Crippen molar-refractivity contribution < 1.29 is 0 Å². The molecule has 2 aromatic carbocycles. The Morgan fingerprint density at radius 3 is 2.75 bits per heavy atom. The van der Waals surface area contributed by atoms with Crippen LogP contribution in [-0.4, -0.2) is 4.98 Å². The van der Waals surface area contributed by atoms with Crippen molar-refractivity contribution in [3.8, 4) is 0 Å². The molecule has 0 bridgehead atoms. The van der Waals surface area contributed by atoms with E-state index < -0.39 is 0 Å². The summed E-state index contributed by atoms with van der Waals surface area (Å²) in [5.74, 6) is 0.620. The minimum absolute atomic E-state index is 0.620. The number of fused-ring (bicyclic) bond motifs is 3. The molecule has 4 rings (SSSR count). The van der Waals surface area contributed by atoms with Gasteiger partial charge in [0.2, 0.25) is 0 Å². The highest BCUT2D eigenvalue weighted by Gasteiger charge is 2.12. The number of nitrogens with one attached hydrogen (secondary N) is 1. The fourth-order valence-electron chi connectivity index (χ4n) is 3.13. The van der Waals surface area contributed by atoms with E-state index in [1.807, 2.05) is 0 Å². The molecule has 1 nitrogen and oxygen atoms in total. The minimum atomic E-state index is 0.620. The number of allylic oxidation sites excluding steroid dienone is 4. The molecule has 1 heterocycles. The molecule has 20 heavy (non-hydrogen) atoms. The summed E-state index contributed by atoms with van der Waals surface area (Å²) in [5.41, 5.74) is 5.10. The number of para-hydroxylation sites is 2. The molecule has 0 amide bonds. The number of aromatic nitrogens is 1. The van der Waals surface area contributed by atoms with Crippen molar-refractivity contribution in [3.63, 3.8) is 0 Å². The molecule has 0 unspecified atom stereocenters. The van der Waals surface area contributed by atoms with Gasteiger partial charge in [0.25, 0.3) is 0 Å². The molecule has 0 radical (unpaired) electrons. The SMILES string of the molecule is C[C@H]1C=C(c2cccc3c2[nH]c2ccccc23)C=CC1. The monoisotopic (exact) mass is 259 g/mol. The van der Waals surface area contributed by atoms with Crippen LogP contribution in [0.25, 0.3) is 27.4 Å². The van der Waals surface area contributed by atoms with E-state index in [-0.39, 0.29) is 0 Å². The summed E-state index contributed by atoms with van der Waals surface area (Å²) in [5, 5.41) is 2.61. The van der Waals surface area contributed by atoms with E-state index in [2.05, 4.69) is 72.6 Å². The molecule has 0 aliphatic heterocycles. The van der Waals surface area contributed by atoms with Crippen molar-refractivity contribution in [1.29, 1.82) is 0 Å². The van der Waals surface area contributed by atoms with Gasteiger partial charge in [-0.25, -0.2) is 0 Å². The van der Waals surface area contributed by atoms with Gasteiger partial charge < -0.3 is 4.98 Å². The molecule has 1 heteroatoms. The first-order valence-corrected chi connectivity index (χ1v) is 7.21. The van der Waals surface area contributed by atoms with Crippen LogP contribution in [0.15, 0.2) is 60.7 Å². The summed E-state index contributed by atoms with van der Waals surface area (Å²) < 4.78 is 0. The molecule has 1 aliphatic rings. The van der Waals surface area contributed by atoms with E-state index in [0.717, 1.165) is 6.42 Å². The number of aromatic amines is 1. The lowest BCUT2D eigenvalue weighted by molar-refractivity contribution is 0.740. The Morgan fingerprint density at radius 1 is 1.00 bits per heavy atom. The lowest BCUT2D eigenvalue weighted by atomic mass is 9.92. The Bertz CT molecular complexity index is 848. The lowest BCUT2D eigenvalue weighted by Crippen LogP contribution is -1.95. The maximum absolute atomic E-state index is 3.58. The third kappa shape index (κ3) is 1.70. The molecule has 0 saturated heterocycles. The normalized spacial score (nSPS) is 18.6. The largest absolute Gasteiger partial charge is 0.354 e. The first-order valence-electron chi connectivity index (χ1n) is 7.21. The molecule has 0 spiro atoms. The summed E-state index contributed by atoms with van der Waals surface area (Å²) in [6.45, 7) is 2.27. The van der Waals surface area contributed by atoms with Crippen molar-refractivity contribution in [2.45, 2.75) is 13.3 Å². The van der Waals surface area contributed by atoms with E-state index in [1.165, 1.54) is 32.9 Å². The molecule has 1 N–H and O–H groups in total. The zero-order valence-corrected chi connectivity index (χ0v) is 11.6. The van der Waals surface area contributed by atoms with E-state index in [9.17, 15) is 0 Å². The molecule has 0 fully saturated rings. The Labute approximate surface area is 118 Å². The zero-order chi connectivity index (χ0) is 13.5. The number of rotatable bonds is 1. The highest BCUT2D eigenvalue weighted by atomic mass is 14.7. The molecular weight excluding hydrogens is 242 g/mol. The predicted molar refractivity (Wildman–Crippen MR) is 86.7 cm³/mol. The molecule has 98 valence electrons. The van der Waals surface area contributed by atoms with Gasteiger partial charge >= 0.3 is 0 Å². The van der Waals surface area contributed by atoms with Crippen LogP contribution < -0.4 is 0 Å². The van der Waals surface area contributed by atoms with Gasteiger partial charge in [-0.3, -0.25) is 0 Å². The second-order valence-electron chi connectivity index (χ2n) is 5.64. The lowest BCUT2D eigenvalue weighted by Gasteiger charge is -2.13. The number of hydrogen-bond donors (Lipinski definition) is 1. The van der Waals surface area contributed by atoms with Crippen LogP contribution in [0.2, 0.25) is 0 Å². The zero-order valence-electron chi connectivity index (χ0n) is 11.6. The summed E-state index contributed by atoms with van der Waals surface area (Å²) in [6.07, 6.45) is 8.05. The van der Waals surface area contributed by atoms with Crippen molar-refractivity contribution in [2.75, 3.05) is 0 Å². The van der Waals surface area contributed by atoms with Crippen LogP contribution in [-0.2, 0) is 0 Å². The predicted octanol–water partition coefficient (Wildman–Crippen LogP) is 5.30. The van der Waals surface area contributed by atoms with Crippen molar-refractivity contribution in [1.82, 2.24) is 4.98 Å². The molecule has 1 aliphatic carbocycles. The topological polar surface area (TPSA) is 15.8 Å². The second kappa shape index (κ2) is 4.38. The van der Waals surface area contributed by atoms with Crippen LogP contribution >= 0.6 is 0 Å². The summed E-state index contributed by atoms with van der Waals surface area (Å²) in [6, 6.07) is 15.1. The average Bonchev–Trinajstić information content (AvgIpc) is 2.86. The van der Waals surface area contributed by atoms with Crippen LogP contribution in [0.1, 0.15) is 18.9 Å². The van der Waals surface area contributed by atoms with Gasteiger partial charge in [-0.15, -0.1) is 0 Å². The number of H-pyrrole nitrogens is 1. The Kier molecular flexibility index (Phi) is 2.53. The van der Waals surface area contributed by atoms with Crippen LogP contribution in [0.4, 0.5) is 0 Å². The maximum atomic E-state index is 3.58. The van der Waals surface area contributed by atoms with Crippen LogP contribution in [0, 0.1) is 5.92 Å². The number of hydrogen-bond acceptors (Lipinski definition) is 0. The summed E-state index contributed by atoms with van der Waals surface area (Å²) in [7, 11) is 0. The van der Waals surface area contributed by atoms with Gasteiger partial charge in [-0.05, 0) is 24.0 Å². The van der Waals surface area contributed by atoms with Crippen molar-refractivity contribution in [2.24, 2.45) is 5.92 Å². The van der Waals surface area contributed by atoms with Crippen LogP contribution in [0.3, 0.4) is 0 Å². The third-order valence-corrected chi connectivity index (χ3v) is 4.12. The van der Waals surface area contributed by atoms with E-state index in [1.54, 1.807) is 0 Å². The minimum Gasteiger partial charge on any atom is -0.354 e. The smallest absolute Gasteiger partial charge is 0.0544 e. The highest BCUT2D eigenvalue weighted by Crippen LogP contribution is 2.33. The summed E-state index contributed by atoms with van der Waals surface area (Å²) >= 11 is 0. The first-order chi connectivity index (χ1) is 9.83. The number of benzene rings is 2. The van der Waals surface area contributed by atoms with Gasteiger partial charge in [-0.1, -0.05) is 61.5 Å². The first kappa shape index (κ1) is 11.5. The molecule has 3 aromatic rings. The van der Waals surface area contributed by atoms with Gasteiger partial charge in [0.1, 0.15) is 0 Å². The van der Waals surface area contributed by atoms with Crippen molar-refractivity contribution >= 4 is 27.4 Å². The van der Waals surface area contributed by atoms with Crippen LogP contribution in [0.5, 0.6) is 0 Å². The highest BCUT2D eigenvalue weighted by molar-refractivity contribution is 6.10. The molecular formula is C19H17N. The maximum Gasteiger partial charge on any atom is 0.0544 e. The van der Waals surface area contributed by atoms with Gasteiger partial charge in [0.15, 0.2) is 0 Å². The quantitative estimate of drug-likeness (QED) is 0.610. The van der Waals surface area contributed by atoms with Gasteiger partial charge in [-0.2, -0.15) is 0 Å². The van der Waals surface area contributed by atoms with E-state index in [4.69, 9.17) is 0 Å². The van der Waals surface area contributed by atoms with Crippen molar-refractivity contribution in [3.05, 3.63) is 66.3 Å². The summed E-state index contributed by atoms with van der Waals surface area (Å²) in [4.78, 5) is 3.58. The van der Waals surface area contributed by atoms with Gasteiger partial charge in [0, 0.05) is 21.9 Å². The van der Waals surface area contributed by atoms with Gasteiger partial charge in [0.05, 0.1) is 5.52 Å². The molecule has 1 aromatic heterocycles. The molecule has 0 saturated carbocycles.